The van der Waals surface area contributed by atoms with Crippen LogP contribution in [0.15, 0.2) is 18.2 Å². The number of amides is 2. The molecule has 0 bridgehead atoms. The van der Waals surface area contributed by atoms with Gasteiger partial charge in [0.2, 0.25) is 5.91 Å². The monoisotopic (exact) mass is 304 g/mol. The van der Waals surface area contributed by atoms with Crippen LogP contribution in [0.25, 0.3) is 0 Å². The molecule has 1 aromatic rings. The molecule has 118 valence electrons. The number of methoxy groups -OCH3 is 2. The number of carbonyl (C=O) groups excluding carboxylic acids is 2. The molecule has 22 heavy (non-hydrogen) atoms. The van der Waals surface area contributed by atoms with Gasteiger partial charge in [-0.1, -0.05) is 6.07 Å². The quantitative estimate of drug-likeness (QED) is 0.906. The molecule has 0 aliphatic carbocycles. The standard InChI is InChI=1S/C16H20N2O4/c1-21-11-4-3-5-12(22-2)14(11)15(20)18-7-6-16(10-18)8-13(19)17-9-16/h3-5H,6-10H2,1-2H3,(H,17,19). The number of rotatable bonds is 3. The first-order valence-electron chi connectivity index (χ1n) is 7.35. The summed E-state index contributed by atoms with van der Waals surface area (Å²) in [5.74, 6) is 0.978. The molecule has 1 unspecified atom stereocenters. The number of nitrogens with zero attached hydrogens (tertiary/aromatic N) is 1. The van der Waals surface area contributed by atoms with E-state index in [-0.39, 0.29) is 17.2 Å². The van der Waals surface area contributed by atoms with Crippen LogP contribution in [0.1, 0.15) is 23.2 Å². The van der Waals surface area contributed by atoms with E-state index in [9.17, 15) is 9.59 Å². The Morgan fingerprint density at radius 2 is 1.95 bits per heavy atom. The molecule has 1 N–H and O–H groups in total. The SMILES string of the molecule is COc1cccc(OC)c1C(=O)N1CCC2(CNC(=O)C2)C1. The third-order valence-electron chi connectivity index (χ3n) is 4.56. The third kappa shape index (κ3) is 2.38. The summed E-state index contributed by atoms with van der Waals surface area (Å²) in [5, 5.41) is 2.87. The first-order valence-corrected chi connectivity index (χ1v) is 7.35. The van der Waals surface area contributed by atoms with Crippen LogP contribution in [-0.2, 0) is 4.79 Å². The summed E-state index contributed by atoms with van der Waals surface area (Å²) in [4.78, 5) is 26.2. The van der Waals surface area contributed by atoms with Crippen molar-refractivity contribution in [1.29, 1.82) is 0 Å². The van der Waals surface area contributed by atoms with Gasteiger partial charge in [-0.05, 0) is 18.6 Å². The van der Waals surface area contributed by atoms with E-state index in [4.69, 9.17) is 9.47 Å². The average molecular weight is 304 g/mol. The summed E-state index contributed by atoms with van der Waals surface area (Å²) in [6.45, 7) is 1.89. The van der Waals surface area contributed by atoms with E-state index in [2.05, 4.69) is 5.32 Å². The van der Waals surface area contributed by atoms with Crippen LogP contribution in [0, 0.1) is 5.41 Å². The van der Waals surface area contributed by atoms with E-state index < -0.39 is 0 Å². The van der Waals surface area contributed by atoms with Crippen LogP contribution in [0.5, 0.6) is 11.5 Å². The highest BCUT2D eigenvalue weighted by molar-refractivity contribution is 6.00. The Balaban J connectivity index is 1.85. The van der Waals surface area contributed by atoms with E-state index in [0.717, 1.165) is 6.42 Å². The molecule has 2 fully saturated rings. The molecule has 2 saturated heterocycles. The Hall–Kier alpha value is -2.24. The van der Waals surface area contributed by atoms with Crippen LogP contribution in [0.2, 0.25) is 0 Å². The fourth-order valence-corrected chi connectivity index (χ4v) is 3.37. The van der Waals surface area contributed by atoms with Gasteiger partial charge in [0, 0.05) is 31.5 Å². The van der Waals surface area contributed by atoms with Gasteiger partial charge in [-0.3, -0.25) is 9.59 Å². The average Bonchev–Trinajstić information content (AvgIpc) is 3.12. The highest BCUT2D eigenvalue weighted by atomic mass is 16.5. The van der Waals surface area contributed by atoms with E-state index in [1.807, 2.05) is 0 Å². The Morgan fingerprint density at radius 3 is 2.50 bits per heavy atom. The van der Waals surface area contributed by atoms with E-state index in [1.54, 1.807) is 23.1 Å². The summed E-state index contributed by atoms with van der Waals surface area (Å²) in [6.07, 6.45) is 1.34. The summed E-state index contributed by atoms with van der Waals surface area (Å²) < 4.78 is 10.6. The van der Waals surface area contributed by atoms with Crippen molar-refractivity contribution in [2.75, 3.05) is 33.9 Å². The van der Waals surface area contributed by atoms with Gasteiger partial charge in [0.05, 0.1) is 14.2 Å². The molecule has 2 aliphatic rings. The summed E-state index contributed by atoms with van der Waals surface area (Å²) in [5.41, 5.74) is 0.337. The number of benzene rings is 1. The number of nitrogens with one attached hydrogen (secondary N) is 1. The number of likely N-dealkylation sites (tertiary alicyclic amines) is 1. The maximum atomic E-state index is 12.9. The number of hydrogen-bond acceptors (Lipinski definition) is 4. The van der Waals surface area contributed by atoms with Crippen LogP contribution in [0.4, 0.5) is 0 Å². The molecule has 1 atom stereocenters. The number of hydrogen-bond donors (Lipinski definition) is 1. The molecule has 2 heterocycles. The van der Waals surface area contributed by atoms with Crippen LogP contribution in [0.3, 0.4) is 0 Å². The van der Waals surface area contributed by atoms with Gasteiger partial charge in [-0.25, -0.2) is 0 Å². The molecule has 1 aromatic carbocycles. The van der Waals surface area contributed by atoms with Gasteiger partial charge in [0.1, 0.15) is 17.1 Å². The topological polar surface area (TPSA) is 67.9 Å². The number of carbonyl (C=O) groups is 2. The lowest BCUT2D eigenvalue weighted by molar-refractivity contribution is -0.119. The molecule has 3 rings (SSSR count). The predicted octanol–water partition coefficient (Wildman–Crippen LogP) is 1.06. The van der Waals surface area contributed by atoms with Gasteiger partial charge in [0.25, 0.3) is 5.91 Å². The minimum atomic E-state index is -0.109. The third-order valence-corrected chi connectivity index (χ3v) is 4.56. The smallest absolute Gasteiger partial charge is 0.261 e. The fourth-order valence-electron chi connectivity index (χ4n) is 3.37. The van der Waals surface area contributed by atoms with Gasteiger partial charge in [-0.2, -0.15) is 0 Å². The molecule has 6 heteroatoms. The van der Waals surface area contributed by atoms with Crippen molar-refractivity contribution in [3.05, 3.63) is 23.8 Å². The van der Waals surface area contributed by atoms with Crippen molar-refractivity contribution in [1.82, 2.24) is 10.2 Å². The molecular weight excluding hydrogens is 284 g/mol. The van der Waals surface area contributed by atoms with Gasteiger partial charge < -0.3 is 19.7 Å². The molecule has 1 spiro atoms. The zero-order valence-electron chi connectivity index (χ0n) is 12.8. The van der Waals surface area contributed by atoms with Crippen molar-refractivity contribution in [2.24, 2.45) is 5.41 Å². The maximum absolute atomic E-state index is 12.9. The summed E-state index contributed by atoms with van der Waals surface area (Å²) >= 11 is 0. The molecule has 2 amide bonds. The van der Waals surface area contributed by atoms with E-state index in [1.165, 1.54) is 14.2 Å². The zero-order chi connectivity index (χ0) is 15.7. The lowest BCUT2D eigenvalue weighted by Gasteiger charge is -2.23. The molecular formula is C16H20N2O4. The molecule has 2 aliphatic heterocycles. The molecule has 0 aromatic heterocycles. The maximum Gasteiger partial charge on any atom is 0.261 e. The normalized spacial score (nSPS) is 23.7. The van der Waals surface area contributed by atoms with Gasteiger partial charge >= 0.3 is 0 Å². The van der Waals surface area contributed by atoms with Crippen molar-refractivity contribution in [3.8, 4) is 11.5 Å². The van der Waals surface area contributed by atoms with Crippen molar-refractivity contribution < 1.29 is 19.1 Å². The molecule has 0 radical (unpaired) electrons. The lowest BCUT2D eigenvalue weighted by atomic mass is 9.86. The van der Waals surface area contributed by atoms with E-state index in [0.29, 0.717) is 43.1 Å². The van der Waals surface area contributed by atoms with Gasteiger partial charge in [0.15, 0.2) is 0 Å². The predicted molar refractivity (Wildman–Crippen MR) is 80.1 cm³/mol. The number of ether oxygens (including phenoxy) is 2. The lowest BCUT2D eigenvalue weighted by Crippen LogP contribution is -2.33. The van der Waals surface area contributed by atoms with Crippen LogP contribution in [-0.4, -0.2) is 50.6 Å². The highest BCUT2D eigenvalue weighted by Gasteiger charge is 2.45. The second kappa shape index (κ2) is 5.51. The first kappa shape index (κ1) is 14.7. The second-order valence-corrected chi connectivity index (χ2v) is 5.97. The Bertz CT molecular complexity index is 594. The van der Waals surface area contributed by atoms with Crippen molar-refractivity contribution >= 4 is 11.8 Å². The molecule has 6 nitrogen and oxygen atoms in total. The largest absolute Gasteiger partial charge is 0.496 e. The van der Waals surface area contributed by atoms with Crippen LogP contribution < -0.4 is 14.8 Å². The second-order valence-electron chi connectivity index (χ2n) is 5.97. The zero-order valence-corrected chi connectivity index (χ0v) is 12.8. The highest BCUT2D eigenvalue weighted by Crippen LogP contribution is 2.38. The van der Waals surface area contributed by atoms with Crippen molar-refractivity contribution in [3.63, 3.8) is 0 Å². The summed E-state index contributed by atoms with van der Waals surface area (Å²) in [6, 6.07) is 5.30. The summed E-state index contributed by atoms with van der Waals surface area (Å²) in [7, 11) is 3.08. The Kier molecular flexibility index (Phi) is 3.68. The fraction of sp³-hybridized carbons (Fsp3) is 0.500. The minimum absolute atomic E-state index is 0.0733. The Morgan fingerprint density at radius 1 is 1.27 bits per heavy atom. The van der Waals surface area contributed by atoms with Crippen molar-refractivity contribution in [2.45, 2.75) is 12.8 Å². The van der Waals surface area contributed by atoms with Gasteiger partial charge in [-0.15, -0.1) is 0 Å². The molecule has 0 saturated carbocycles. The van der Waals surface area contributed by atoms with Crippen LogP contribution >= 0.6 is 0 Å². The minimum Gasteiger partial charge on any atom is -0.496 e. The Labute approximate surface area is 129 Å². The first-order chi connectivity index (χ1) is 10.6. The van der Waals surface area contributed by atoms with E-state index >= 15 is 0 Å².